The van der Waals surface area contributed by atoms with Gasteiger partial charge >= 0.3 is 5.97 Å². The molecular formula is C7H7ClO3. The van der Waals surface area contributed by atoms with Crippen molar-refractivity contribution < 1.29 is 14.3 Å². The van der Waals surface area contributed by atoms with E-state index >= 15 is 0 Å². The fourth-order valence-corrected chi connectivity index (χ4v) is 0.441. The lowest BCUT2D eigenvalue weighted by Gasteiger charge is -1.84. The van der Waals surface area contributed by atoms with Crippen molar-refractivity contribution in [3.05, 3.63) is 0 Å². The highest BCUT2D eigenvalue weighted by atomic mass is 35.5. The molecule has 0 saturated heterocycles. The first-order valence-electron chi connectivity index (χ1n) is 2.92. The zero-order chi connectivity index (χ0) is 8.69. The van der Waals surface area contributed by atoms with Gasteiger partial charge in [-0.1, -0.05) is 5.92 Å². The van der Waals surface area contributed by atoms with Crippen LogP contribution < -0.4 is 0 Å². The first-order valence-corrected chi connectivity index (χ1v) is 3.29. The van der Waals surface area contributed by atoms with E-state index in [4.69, 9.17) is 11.6 Å². The van der Waals surface area contributed by atoms with Crippen LogP contribution in [0.2, 0.25) is 0 Å². The number of hydrogen-bond donors (Lipinski definition) is 0. The molecular weight excluding hydrogens is 168 g/mol. The summed E-state index contributed by atoms with van der Waals surface area (Å²) in [6.45, 7) is 0. The van der Waals surface area contributed by atoms with Gasteiger partial charge in [0, 0.05) is 18.8 Å². The summed E-state index contributed by atoms with van der Waals surface area (Å²) in [5.41, 5.74) is 0. The van der Waals surface area contributed by atoms with Gasteiger partial charge in [0.05, 0.1) is 7.11 Å². The minimum absolute atomic E-state index is 0.158. The number of esters is 1. The molecule has 3 nitrogen and oxygen atoms in total. The van der Waals surface area contributed by atoms with Crippen molar-refractivity contribution >= 4 is 22.8 Å². The maximum atomic E-state index is 10.3. The number of rotatable bonds is 2. The second kappa shape index (κ2) is 5.75. The summed E-state index contributed by atoms with van der Waals surface area (Å²) in [5.74, 6) is 4.00. The van der Waals surface area contributed by atoms with Crippen molar-refractivity contribution in [2.75, 3.05) is 7.11 Å². The van der Waals surface area contributed by atoms with Gasteiger partial charge in [0.25, 0.3) is 0 Å². The SMILES string of the molecule is COC(=O)C#CCCC(=O)Cl. The van der Waals surface area contributed by atoms with Crippen LogP contribution in [0.15, 0.2) is 0 Å². The molecule has 0 aliphatic rings. The van der Waals surface area contributed by atoms with Crippen molar-refractivity contribution in [3.63, 3.8) is 0 Å². The fraction of sp³-hybridized carbons (Fsp3) is 0.429. The van der Waals surface area contributed by atoms with Gasteiger partial charge < -0.3 is 4.74 Å². The molecule has 0 spiro atoms. The zero-order valence-electron chi connectivity index (χ0n) is 6.02. The molecule has 11 heavy (non-hydrogen) atoms. The van der Waals surface area contributed by atoms with Gasteiger partial charge in [-0.05, 0) is 11.6 Å². The van der Waals surface area contributed by atoms with Crippen molar-refractivity contribution in [1.29, 1.82) is 0 Å². The van der Waals surface area contributed by atoms with Crippen LogP contribution in [0.4, 0.5) is 0 Å². The lowest BCUT2D eigenvalue weighted by molar-refractivity contribution is -0.133. The molecule has 0 N–H and O–H groups in total. The minimum Gasteiger partial charge on any atom is -0.459 e. The maximum absolute atomic E-state index is 10.3. The van der Waals surface area contributed by atoms with E-state index in [1.807, 2.05) is 0 Å². The van der Waals surface area contributed by atoms with Crippen LogP contribution in [0.1, 0.15) is 12.8 Å². The third-order valence-corrected chi connectivity index (χ3v) is 1.01. The first-order chi connectivity index (χ1) is 5.16. The Hall–Kier alpha value is -1.01. The summed E-state index contributed by atoms with van der Waals surface area (Å²) in [7, 11) is 1.24. The highest BCUT2D eigenvalue weighted by molar-refractivity contribution is 6.63. The molecule has 0 fully saturated rings. The molecule has 0 aromatic heterocycles. The van der Waals surface area contributed by atoms with Gasteiger partial charge in [0.1, 0.15) is 0 Å². The van der Waals surface area contributed by atoms with Crippen LogP contribution in [0, 0.1) is 11.8 Å². The Morgan fingerprint density at radius 3 is 2.64 bits per heavy atom. The van der Waals surface area contributed by atoms with Gasteiger partial charge in [-0.25, -0.2) is 4.79 Å². The van der Waals surface area contributed by atoms with Crippen molar-refractivity contribution in [2.45, 2.75) is 12.8 Å². The Bertz CT molecular complexity index is 211. The molecule has 0 aliphatic carbocycles. The number of halogens is 1. The third kappa shape index (κ3) is 6.88. The highest BCUT2D eigenvalue weighted by Crippen LogP contribution is 1.91. The molecule has 0 rings (SSSR count). The van der Waals surface area contributed by atoms with E-state index in [-0.39, 0.29) is 12.8 Å². The molecule has 0 aromatic rings. The highest BCUT2D eigenvalue weighted by Gasteiger charge is 1.92. The quantitative estimate of drug-likeness (QED) is 0.268. The van der Waals surface area contributed by atoms with Crippen LogP contribution in [0.25, 0.3) is 0 Å². The topological polar surface area (TPSA) is 43.4 Å². The molecule has 60 valence electrons. The summed E-state index contributed by atoms with van der Waals surface area (Å²) in [6.07, 6.45) is 0.447. The van der Waals surface area contributed by atoms with Crippen LogP contribution in [-0.4, -0.2) is 18.3 Å². The number of hydrogen-bond acceptors (Lipinski definition) is 3. The van der Waals surface area contributed by atoms with E-state index in [1.54, 1.807) is 0 Å². The normalized spacial score (nSPS) is 7.82. The van der Waals surface area contributed by atoms with Crippen molar-refractivity contribution in [2.24, 2.45) is 0 Å². The molecule has 0 amide bonds. The molecule has 0 bridgehead atoms. The molecule has 0 aromatic carbocycles. The fourth-order valence-electron chi connectivity index (χ4n) is 0.346. The average molecular weight is 175 g/mol. The molecule has 0 heterocycles. The van der Waals surface area contributed by atoms with E-state index in [9.17, 15) is 9.59 Å². The van der Waals surface area contributed by atoms with Crippen molar-refractivity contribution in [3.8, 4) is 11.8 Å². The molecule has 0 atom stereocenters. The second-order valence-electron chi connectivity index (χ2n) is 1.65. The van der Waals surface area contributed by atoms with E-state index in [0.29, 0.717) is 0 Å². The number of ether oxygens (including phenoxy) is 1. The third-order valence-electron chi connectivity index (χ3n) is 0.822. The van der Waals surface area contributed by atoms with Crippen molar-refractivity contribution in [1.82, 2.24) is 0 Å². The summed E-state index contributed by atoms with van der Waals surface area (Å²) in [4.78, 5) is 20.5. The smallest absolute Gasteiger partial charge is 0.384 e. The average Bonchev–Trinajstić information content (AvgIpc) is 1.97. The van der Waals surface area contributed by atoms with Crippen LogP contribution in [0.3, 0.4) is 0 Å². The number of carbonyl (C=O) groups is 2. The van der Waals surface area contributed by atoms with Crippen LogP contribution >= 0.6 is 11.6 Å². The largest absolute Gasteiger partial charge is 0.459 e. The molecule has 4 heteroatoms. The van der Waals surface area contributed by atoms with E-state index < -0.39 is 11.2 Å². The van der Waals surface area contributed by atoms with Gasteiger partial charge in [0.2, 0.25) is 5.24 Å². The Balaban J connectivity index is 3.56. The number of carbonyl (C=O) groups excluding carboxylic acids is 2. The van der Waals surface area contributed by atoms with E-state index in [1.165, 1.54) is 7.11 Å². The molecule has 0 aliphatic heterocycles. The Labute approximate surface area is 69.7 Å². The molecule has 0 unspecified atom stereocenters. The van der Waals surface area contributed by atoms with Gasteiger partial charge in [-0.15, -0.1) is 0 Å². The molecule has 0 radical (unpaired) electrons. The lowest BCUT2D eigenvalue weighted by Crippen LogP contribution is -1.94. The number of methoxy groups -OCH3 is 1. The summed E-state index contributed by atoms with van der Waals surface area (Å²) >= 11 is 5.00. The zero-order valence-corrected chi connectivity index (χ0v) is 6.77. The Morgan fingerprint density at radius 2 is 2.18 bits per heavy atom. The predicted octanol–water partition coefficient (Wildman–Crippen LogP) is 0.708. The van der Waals surface area contributed by atoms with Gasteiger partial charge in [-0.3, -0.25) is 4.79 Å². The maximum Gasteiger partial charge on any atom is 0.384 e. The van der Waals surface area contributed by atoms with E-state index in [2.05, 4.69) is 16.6 Å². The van der Waals surface area contributed by atoms with Gasteiger partial charge in [-0.2, -0.15) is 0 Å². The lowest BCUT2D eigenvalue weighted by atomic mass is 10.3. The predicted molar refractivity (Wildman–Crippen MR) is 39.9 cm³/mol. The second-order valence-corrected chi connectivity index (χ2v) is 2.07. The standard InChI is InChI=1S/C7H7ClO3/c1-11-7(10)5-3-2-4-6(8)9/h2,4H2,1H3. The monoisotopic (exact) mass is 174 g/mol. The minimum atomic E-state index is -0.605. The van der Waals surface area contributed by atoms with Crippen LogP contribution in [-0.2, 0) is 14.3 Å². The van der Waals surface area contributed by atoms with Gasteiger partial charge in [0.15, 0.2) is 0 Å². The summed E-state index contributed by atoms with van der Waals surface area (Å²) in [5, 5.41) is -0.454. The summed E-state index contributed by atoms with van der Waals surface area (Å²) < 4.78 is 4.23. The van der Waals surface area contributed by atoms with Crippen LogP contribution in [0.5, 0.6) is 0 Å². The molecule has 0 saturated carbocycles. The summed E-state index contributed by atoms with van der Waals surface area (Å²) in [6, 6.07) is 0. The van der Waals surface area contributed by atoms with E-state index in [0.717, 1.165) is 0 Å². The first kappa shape index (κ1) is 9.99. The Morgan fingerprint density at radius 1 is 1.55 bits per heavy atom. The Kier molecular flexibility index (Phi) is 5.22.